The second-order valence-electron chi connectivity index (χ2n) is 6.01. The summed E-state index contributed by atoms with van der Waals surface area (Å²) in [4.78, 5) is 27.9. The number of hydrogen-bond donors (Lipinski definition) is 1. The highest BCUT2D eigenvalue weighted by Gasteiger charge is 2.19. The molecule has 0 unspecified atom stereocenters. The highest BCUT2D eigenvalue weighted by molar-refractivity contribution is 7.14. The molecule has 4 heterocycles. The lowest BCUT2D eigenvalue weighted by molar-refractivity contribution is 0.103. The molecule has 0 fully saturated rings. The fourth-order valence-corrected chi connectivity index (χ4v) is 3.55. The molecule has 0 saturated carbocycles. The summed E-state index contributed by atoms with van der Waals surface area (Å²) in [7, 11) is 1.91. The summed E-state index contributed by atoms with van der Waals surface area (Å²) in [6, 6.07) is 9.53. The third kappa shape index (κ3) is 3.09. The van der Waals surface area contributed by atoms with E-state index in [-0.39, 0.29) is 5.78 Å². The van der Waals surface area contributed by atoms with E-state index in [2.05, 4.69) is 20.3 Å². The Morgan fingerprint density at radius 2 is 2.12 bits per heavy atom. The lowest BCUT2D eigenvalue weighted by atomic mass is 10.2. The van der Waals surface area contributed by atoms with Crippen molar-refractivity contribution in [2.75, 3.05) is 5.32 Å². The Balaban J connectivity index is 1.73. The first-order chi connectivity index (χ1) is 12.6. The van der Waals surface area contributed by atoms with Crippen molar-refractivity contribution in [1.29, 1.82) is 0 Å². The maximum Gasteiger partial charge on any atom is 0.225 e. The van der Waals surface area contributed by atoms with E-state index in [0.717, 1.165) is 21.5 Å². The molecule has 0 radical (unpaired) electrons. The average Bonchev–Trinajstić information content (AvgIpc) is 3.26. The Labute approximate surface area is 154 Å². The van der Waals surface area contributed by atoms with Gasteiger partial charge in [-0.3, -0.25) is 9.78 Å². The van der Waals surface area contributed by atoms with Crippen LogP contribution in [-0.2, 0) is 13.6 Å². The highest BCUT2D eigenvalue weighted by Crippen LogP contribution is 2.24. The molecule has 0 aromatic carbocycles. The van der Waals surface area contributed by atoms with E-state index in [0.29, 0.717) is 23.1 Å². The molecule has 0 saturated heterocycles. The molecule has 0 atom stereocenters. The van der Waals surface area contributed by atoms with Crippen LogP contribution in [0.4, 0.5) is 5.95 Å². The summed E-state index contributed by atoms with van der Waals surface area (Å²) >= 11 is 1.48. The van der Waals surface area contributed by atoms with Crippen LogP contribution in [0.25, 0.3) is 11.0 Å². The number of nitrogens with one attached hydrogen (secondary N) is 1. The minimum atomic E-state index is -0.0777. The summed E-state index contributed by atoms with van der Waals surface area (Å²) in [5.41, 5.74) is 2.17. The van der Waals surface area contributed by atoms with Crippen LogP contribution in [0.5, 0.6) is 0 Å². The number of thiophene rings is 1. The third-order valence-electron chi connectivity index (χ3n) is 4.08. The fraction of sp³-hybridized carbons (Fsp3) is 0.158. The van der Waals surface area contributed by atoms with Crippen molar-refractivity contribution < 1.29 is 4.79 Å². The van der Waals surface area contributed by atoms with Gasteiger partial charge in [0.1, 0.15) is 11.3 Å². The maximum absolute atomic E-state index is 13.0. The van der Waals surface area contributed by atoms with Gasteiger partial charge in [-0.1, -0.05) is 6.07 Å². The van der Waals surface area contributed by atoms with Crippen molar-refractivity contribution in [2.45, 2.75) is 13.5 Å². The van der Waals surface area contributed by atoms with Gasteiger partial charge in [-0.2, -0.15) is 4.98 Å². The van der Waals surface area contributed by atoms with Gasteiger partial charge in [-0.15, -0.1) is 11.3 Å². The Hall–Kier alpha value is -3.06. The Morgan fingerprint density at radius 3 is 2.85 bits per heavy atom. The van der Waals surface area contributed by atoms with Gasteiger partial charge in [-0.05, 0) is 36.8 Å². The molecule has 130 valence electrons. The van der Waals surface area contributed by atoms with Crippen molar-refractivity contribution in [2.24, 2.45) is 7.05 Å². The van der Waals surface area contributed by atoms with E-state index in [1.54, 1.807) is 12.4 Å². The number of carbonyl (C=O) groups is 1. The Kier molecular flexibility index (Phi) is 4.22. The topological polar surface area (TPSA) is 72.7 Å². The molecule has 7 heteroatoms. The number of ketones is 1. The summed E-state index contributed by atoms with van der Waals surface area (Å²) in [6.07, 6.45) is 5.41. The predicted octanol–water partition coefficient (Wildman–Crippen LogP) is 3.58. The van der Waals surface area contributed by atoms with Crippen molar-refractivity contribution in [3.8, 4) is 0 Å². The Morgan fingerprint density at radius 1 is 1.23 bits per heavy atom. The van der Waals surface area contributed by atoms with Crippen molar-refractivity contribution in [1.82, 2.24) is 19.5 Å². The van der Waals surface area contributed by atoms with Crippen LogP contribution >= 0.6 is 11.3 Å². The minimum Gasteiger partial charge on any atom is -0.350 e. The van der Waals surface area contributed by atoms with Gasteiger partial charge < -0.3 is 9.88 Å². The molecule has 4 aromatic rings. The monoisotopic (exact) mass is 363 g/mol. The first-order valence-electron chi connectivity index (χ1n) is 8.19. The van der Waals surface area contributed by atoms with E-state index in [1.807, 2.05) is 55.1 Å². The minimum absolute atomic E-state index is 0.0777. The molecule has 0 bridgehead atoms. The van der Waals surface area contributed by atoms with Gasteiger partial charge in [-0.25, -0.2) is 4.98 Å². The number of hydrogen-bond acceptors (Lipinski definition) is 6. The van der Waals surface area contributed by atoms with Gasteiger partial charge in [0.15, 0.2) is 0 Å². The number of pyridine rings is 1. The number of nitrogens with zero attached hydrogens (tertiary/aromatic N) is 4. The van der Waals surface area contributed by atoms with E-state index in [1.165, 1.54) is 11.3 Å². The number of anilines is 1. The molecule has 0 spiro atoms. The Bertz CT molecular complexity index is 1080. The van der Waals surface area contributed by atoms with Crippen LogP contribution < -0.4 is 5.32 Å². The standard InChI is InChI=1S/C19H17N5OS/c1-12-5-6-15(26-12)17(25)16-14-7-9-24(2)18(14)23-19(22-16)21-11-13-4-3-8-20-10-13/h3-10H,11H2,1-2H3,(H,21,22,23). The largest absolute Gasteiger partial charge is 0.350 e. The first-order valence-corrected chi connectivity index (χ1v) is 9.00. The lowest BCUT2D eigenvalue weighted by Gasteiger charge is -2.08. The molecule has 1 N–H and O–H groups in total. The number of aryl methyl sites for hydroxylation is 2. The van der Waals surface area contributed by atoms with Crippen molar-refractivity contribution in [3.05, 3.63) is 69.9 Å². The van der Waals surface area contributed by atoms with Gasteiger partial charge in [0, 0.05) is 42.4 Å². The fourth-order valence-electron chi connectivity index (χ4n) is 2.75. The molecule has 0 aliphatic rings. The average molecular weight is 363 g/mol. The van der Waals surface area contributed by atoms with Crippen molar-refractivity contribution >= 4 is 34.1 Å². The van der Waals surface area contributed by atoms with Crippen LogP contribution in [0.3, 0.4) is 0 Å². The van der Waals surface area contributed by atoms with Crippen LogP contribution in [-0.4, -0.2) is 25.3 Å². The van der Waals surface area contributed by atoms with E-state index in [9.17, 15) is 4.79 Å². The molecule has 4 aromatic heterocycles. The summed E-state index contributed by atoms with van der Waals surface area (Å²) in [5.74, 6) is 0.353. The second kappa shape index (κ2) is 6.68. The molecule has 0 amide bonds. The second-order valence-corrected chi connectivity index (χ2v) is 7.30. The molecule has 6 nitrogen and oxygen atoms in total. The van der Waals surface area contributed by atoms with E-state index >= 15 is 0 Å². The van der Waals surface area contributed by atoms with E-state index < -0.39 is 0 Å². The van der Waals surface area contributed by atoms with E-state index in [4.69, 9.17) is 0 Å². The smallest absolute Gasteiger partial charge is 0.225 e. The highest BCUT2D eigenvalue weighted by atomic mass is 32.1. The molecule has 26 heavy (non-hydrogen) atoms. The van der Waals surface area contributed by atoms with Crippen molar-refractivity contribution in [3.63, 3.8) is 0 Å². The summed E-state index contributed by atoms with van der Waals surface area (Å²) in [6.45, 7) is 2.52. The maximum atomic E-state index is 13.0. The molecule has 0 aliphatic heterocycles. The first kappa shape index (κ1) is 16.4. The molecule has 0 aliphatic carbocycles. The van der Waals surface area contributed by atoms with Crippen LogP contribution in [0.2, 0.25) is 0 Å². The summed E-state index contributed by atoms with van der Waals surface area (Å²) in [5, 5.41) is 3.96. The normalized spacial score (nSPS) is 11.0. The zero-order valence-electron chi connectivity index (χ0n) is 14.4. The molecule has 4 rings (SSSR count). The van der Waals surface area contributed by atoms with Crippen LogP contribution in [0.1, 0.15) is 25.8 Å². The third-order valence-corrected chi connectivity index (χ3v) is 5.08. The van der Waals surface area contributed by atoms with Crippen LogP contribution in [0.15, 0.2) is 48.9 Å². The van der Waals surface area contributed by atoms with Gasteiger partial charge >= 0.3 is 0 Å². The SMILES string of the molecule is Cc1ccc(C(=O)c2nc(NCc3cccnc3)nc3c2ccn3C)s1. The number of rotatable bonds is 5. The number of carbonyl (C=O) groups excluding carboxylic acids is 1. The lowest BCUT2D eigenvalue weighted by Crippen LogP contribution is -2.10. The zero-order valence-corrected chi connectivity index (χ0v) is 15.2. The zero-order chi connectivity index (χ0) is 18.1. The molecular formula is C19H17N5OS. The predicted molar refractivity (Wildman–Crippen MR) is 103 cm³/mol. The van der Waals surface area contributed by atoms with Gasteiger partial charge in [0.25, 0.3) is 0 Å². The van der Waals surface area contributed by atoms with Crippen LogP contribution in [0, 0.1) is 6.92 Å². The quantitative estimate of drug-likeness (QED) is 0.549. The van der Waals surface area contributed by atoms with Gasteiger partial charge in [0.2, 0.25) is 11.7 Å². The van der Waals surface area contributed by atoms with Gasteiger partial charge in [0.05, 0.1) is 4.88 Å². The number of fused-ring (bicyclic) bond motifs is 1. The molecular weight excluding hydrogens is 346 g/mol. The summed E-state index contributed by atoms with van der Waals surface area (Å²) < 4.78 is 1.89. The number of aromatic nitrogens is 4.